The molecule has 3 rings (SSSR count). The summed E-state index contributed by atoms with van der Waals surface area (Å²) < 4.78 is 29.6. The molecule has 0 saturated carbocycles. The van der Waals surface area contributed by atoms with E-state index in [1.54, 1.807) is 19.1 Å². The predicted octanol–water partition coefficient (Wildman–Crippen LogP) is 6.79. The molecular weight excluding hydrogens is 430 g/mol. The van der Waals surface area contributed by atoms with Crippen molar-refractivity contribution in [1.82, 2.24) is 0 Å². The van der Waals surface area contributed by atoms with Gasteiger partial charge in [0.15, 0.2) is 0 Å². The third-order valence-corrected chi connectivity index (χ3v) is 9.53. The summed E-state index contributed by atoms with van der Waals surface area (Å²) in [6.07, 6.45) is 3.53. The van der Waals surface area contributed by atoms with Crippen molar-refractivity contribution in [1.29, 1.82) is 0 Å². The maximum Gasteiger partial charge on any atom is 0.262 e. The van der Waals surface area contributed by atoms with Gasteiger partial charge in [-0.15, -0.1) is 0 Å². The molecule has 1 N–H and O–H groups in total. The second-order valence-corrected chi connectivity index (χ2v) is 12.6. The van der Waals surface area contributed by atoms with Crippen molar-refractivity contribution in [3.05, 3.63) is 58.7 Å². The number of rotatable bonds is 7. The van der Waals surface area contributed by atoms with E-state index in [4.69, 9.17) is 0 Å². The van der Waals surface area contributed by atoms with Crippen LogP contribution in [0, 0.1) is 6.92 Å². The summed E-state index contributed by atoms with van der Waals surface area (Å²) in [6.45, 7) is 16.4. The van der Waals surface area contributed by atoms with Crippen molar-refractivity contribution in [2.45, 2.75) is 102 Å². The van der Waals surface area contributed by atoms with Gasteiger partial charge in [0.1, 0.15) is 5.78 Å². The van der Waals surface area contributed by atoms with Crippen molar-refractivity contribution in [3.63, 3.8) is 0 Å². The van der Waals surface area contributed by atoms with E-state index in [9.17, 15) is 13.2 Å². The minimum absolute atomic E-state index is 0.0307. The van der Waals surface area contributed by atoms with E-state index < -0.39 is 15.4 Å². The molecule has 0 aromatic heterocycles. The summed E-state index contributed by atoms with van der Waals surface area (Å²) in [5.74, 6) is 0.135. The van der Waals surface area contributed by atoms with Crippen LogP contribution in [0.25, 0.3) is 0 Å². The smallest absolute Gasteiger partial charge is 0.262 e. The molecule has 0 radical (unpaired) electrons. The van der Waals surface area contributed by atoms with E-state index in [1.165, 1.54) is 5.56 Å². The van der Waals surface area contributed by atoms with Gasteiger partial charge >= 0.3 is 0 Å². The molecule has 1 aliphatic carbocycles. The number of hydrogen-bond acceptors (Lipinski definition) is 3. The standard InChI is InChI=1S/C28H39NO3S/c1-9-28(10-2,20(4)30)21-11-13-22(14-12-21)29-33(31,32)25-18-24-23(17-19(25)3)26(5,6)15-16-27(24,7)8/h11-14,17-18,29H,9-10,15-16H2,1-8H3. The van der Waals surface area contributed by atoms with Crippen LogP contribution in [0.4, 0.5) is 5.69 Å². The fourth-order valence-electron chi connectivity index (χ4n) is 5.42. The van der Waals surface area contributed by atoms with Crippen LogP contribution in [-0.2, 0) is 31.1 Å². The number of hydrogen-bond donors (Lipinski definition) is 1. The molecule has 0 atom stereocenters. The number of fused-ring (bicyclic) bond motifs is 1. The Labute approximate surface area is 200 Å². The van der Waals surface area contributed by atoms with E-state index >= 15 is 0 Å². The number of anilines is 1. The number of sulfonamides is 1. The summed E-state index contributed by atoms with van der Waals surface area (Å²) in [6, 6.07) is 11.2. The molecule has 2 aromatic carbocycles. The quantitative estimate of drug-likeness (QED) is 0.485. The highest BCUT2D eigenvalue weighted by atomic mass is 32.2. The molecule has 5 heteroatoms. The topological polar surface area (TPSA) is 63.2 Å². The van der Waals surface area contributed by atoms with Crippen LogP contribution in [0.3, 0.4) is 0 Å². The number of nitrogens with one attached hydrogen (secondary N) is 1. The van der Waals surface area contributed by atoms with Crippen molar-refractivity contribution < 1.29 is 13.2 Å². The average Bonchev–Trinajstić information content (AvgIpc) is 2.73. The van der Waals surface area contributed by atoms with Crippen molar-refractivity contribution in [2.75, 3.05) is 4.72 Å². The van der Waals surface area contributed by atoms with E-state index in [1.807, 2.05) is 39.0 Å². The van der Waals surface area contributed by atoms with Crippen molar-refractivity contribution >= 4 is 21.5 Å². The van der Waals surface area contributed by atoms with Gasteiger partial charge in [0.25, 0.3) is 10.0 Å². The molecule has 0 fully saturated rings. The first-order chi connectivity index (χ1) is 15.2. The van der Waals surface area contributed by atoms with Gasteiger partial charge in [-0.3, -0.25) is 9.52 Å². The summed E-state index contributed by atoms with van der Waals surface area (Å²) >= 11 is 0. The molecule has 0 saturated heterocycles. The maximum atomic E-state index is 13.4. The summed E-state index contributed by atoms with van der Waals surface area (Å²) in [5, 5.41) is 0. The van der Waals surface area contributed by atoms with Crippen LogP contribution in [0.2, 0.25) is 0 Å². The third kappa shape index (κ3) is 4.49. The molecule has 0 aliphatic heterocycles. The van der Waals surface area contributed by atoms with Gasteiger partial charge in [-0.25, -0.2) is 8.42 Å². The molecular formula is C28H39NO3S. The molecule has 2 aromatic rings. The largest absolute Gasteiger partial charge is 0.299 e. The lowest BCUT2D eigenvalue weighted by molar-refractivity contribution is -0.122. The van der Waals surface area contributed by atoms with E-state index in [2.05, 4.69) is 38.5 Å². The Balaban J connectivity index is 1.99. The monoisotopic (exact) mass is 469 g/mol. The second-order valence-electron chi connectivity index (χ2n) is 11.0. The Kier molecular flexibility index (Phi) is 6.62. The molecule has 0 spiro atoms. The van der Waals surface area contributed by atoms with Crippen molar-refractivity contribution in [2.24, 2.45) is 0 Å². The van der Waals surface area contributed by atoms with Gasteiger partial charge in [-0.05, 0) is 90.8 Å². The number of carbonyl (C=O) groups is 1. The highest BCUT2D eigenvalue weighted by molar-refractivity contribution is 7.92. The molecule has 0 amide bonds. The molecule has 1 aliphatic rings. The van der Waals surface area contributed by atoms with Crippen molar-refractivity contribution in [3.8, 4) is 0 Å². The molecule has 0 bridgehead atoms. The fraction of sp³-hybridized carbons (Fsp3) is 0.536. The van der Waals surface area contributed by atoms with Gasteiger partial charge in [0.2, 0.25) is 0 Å². The summed E-state index contributed by atoms with van der Waals surface area (Å²) in [4.78, 5) is 12.7. The summed E-state index contributed by atoms with van der Waals surface area (Å²) in [5.41, 5.74) is 4.00. The molecule has 0 unspecified atom stereocenters. The minimum atomic E-state index is -3.76. The first-order valence-electron chi connectivity index (χ1n) is 12.0. The van der Waals surface area contributed by atoms with E-state index in [-0.39, 0.29) is 16.6 Å². The van der Waals surface area contributed by atoms with Crippen LogP contribution in [-0.4, -0.2) is 14.2 Å². The van der Waals surface area contributed by atoms with Gasteiger partial charge in [-0.2, -0.15) is 0 Å². The predicted molar refractivity (Wildman–Crippen MR) is 137 cm³/mol. The lowest BCUT2D eigenvalue weighted by atomic mass is 9.63. The molecule has 33 heavy (non-hydrogen) atoms. The first kappa shape index (κ1) is 25.5. The molecule has 0 heterocycles. The zero-order valence-corrected chi connectivity index (χ0v) is 22.2. The number of ketones is 1. The van der Waals surface area contributed by atoms with Crippen LogP contribution in [0.15, 0.2) is 41.3 Å². The normalized spacial score (nSPS) is 17.3. The van der Waals surface area contributed by atoms with Crippen LogP contribution in [0.5, 0.6) is 0 Å². The highest BCUT2D eigenvalue weighted by Crippen LogP contribution is 2.47. The lowest BCUT2D eigenvalue weighted by Crippen LogP contribution is -2.34. The highest BCUT2D eigenvalue weighted by Gasteiger charge is 2.38. The number of aryl methyl sites for hydroxylation is 1. The SMILES string of the molecule is CCC(CC)(C(C)=O)c1ccc(NS(=O)(=O)c2cc3c(cc2C)C(C)(C)CCC3(C)C)cc1. The Morgan fingerprint density at radius 3 is 1.88 bits per heavy atom. The van der Waals surface area contributed by atoms with Gasteiger partial charge in [-0.1, -0.05) is 59.7 Å². The molecule has 180 valence electrons. The second kappa shape index (κ2) is 8.57. The van der Waals surface area contributed by atoms with Crippen LogP contribution in [0.1, 0.15) is 96.4 Å². The van der Waals surface area contributed by atoms with Crippen LogP contribution >= 0.6 is 0 Å². The first-order valence-corrected chi connectivity index (χ1v) is 13.5. The third-order valence-electron chi connectivity index (χ3n) is 8.01. The molecule has 4 nitrogen and oxygen atoms in total. The van der Waals surface area contributed by atoms with Crippen LogP contribution < -0.4 is 4.72 Å². The number of benzene rings is 2. The Hall–Kier alpha value is -2.14. The Morgan fingerprint density at radius 1 is 0.939 bits per heavy atom. The fourth-order valence-corrected chi connectivity index (χ4v) is 6.73. The van der Waals surface area contributed by atoms with E-state index in [0.717, 1.165) is 29.5 Å². The van der Waals surface area contributed by atoms with Gasteiger partial charge in [0.05, 0.1) is 10.3 Å². The summed E-state index contributed by atoms with van der Waals surface area (Å²) in [7, 11) is -3.76. The Bertz CT molecular complexity index is 1150. The van der Waals surface area contributed by atoms with Gasteiger partial charge < -0.3 is 0 Å². The number of carbonyl (C=O) groups excluding carboxylic acids is 1. The lowest BCUT2D eigenvalue weighted by Gasteiger charge is -2.42. The zero-order valence-electron chi connectivity index (χ0n) is 21.4. The van der Waals surface area contributed by atoms with Gasteiger partial charge in [0, 0.05) is 5.69 Å². The zero-order chi connectivity index (χ0) is 24.8. The number of Topliss-reactive ketones (excluding diaryl/α,β-unsaturated/α-hetero) is 1. The maximum absolute atomic E-state index is 13.4. The average molecular weight is 470 g/mol. The van der Waals surface area contributed by atoms with E-state index in [0.29, 0.717) is 23.4 Å². The Morgan fingerprint density at radius 2 is 1.42 bits per heavy atom. The minimum Gasteiger partial charge on any atom is -0.299 e.